The average molecular weight is 622 g/mol. The van der Waals surface area contributed by atoms with Crippen molar-refractivity contribution in [3.05, 3.63) is 136 Å². The fraction of sp³-hybridized carbons (Fsp3) is 0.161. The van der Waals surface area contributed by atoms with Crippen molar-refractivity contribution in [2.45, 2.75) is 29.8 Å². The summed E-state index contributed by atoms with van der Waals surface area (Å²) in [5.74, 6) is -1.04. The topological polar surface area (TPSA) is 102 Å². The molecule has 206 valence electrons. The van der Waals surface area contributed by atoms with E-state index in [1.54, 1.807) is 36.4 Å². The second-order valence-electron chi connectivity index (χ2n) is 9.18. The summed E-state index contributed by atoms with van der Waals surface area (Å²) in [5.41, 5.74) is 2.20. The lowest BCUT2D eigenvalue weighted by Crippen LogP contribution is -2.46. The van der Waals surface area contributed by atoms with Crippen LogP contribution < -0.4 is 10.0 Å². The molecule has 0 radical (unpaired) electrons. The Kier molecular flexibility index (Phi) is 10.2. The molecule has 0 saturated carbocycles. The number of nitrogens with one attached hydrogen (secondary N) is 2. The minimum absolute atomic E-state index is 0.0183. The van der Waals surface area contributed by atoms with Crippen molar-refractivity contribution in [1.82, 2.24) is 10.0 Å². The molecule has 4 aromatic rings. The Morgan fingerprint density at radius 1 is 0.750 bits per heavy atom. The number of hydrogen-bond acceptors (Lipinski definition) is 5. The number of esters is 1. The second kappa shape index (κ2) is 14.0. The molecule has 40 heavy (non-hydrogen) atoms. The van der Waals surface area contributed by atoms with Crippen molar-refractivity contribution in [3.8, 4) is 0 Å². The third-order valence-corrected chi connectivity index (χ3v) is 8.06. The number of carbonyl (C=O) groups is 2. The van der Waals surface area contributed by atoms with Crippen molar-refractivity contribution in [2.24, 2.45) is 0 Å². The van der Waals surface area contributed by atoms with E-state index in [-0.39, 0.29) is 23.8 Å². The molecule has 0 aromatic heterocycles. The first kappa shape index (κ1) is 29.2. The predicted molar refractivity (Wildman–Crippen MR) is 157 cm³/mol. The van der Waals surface area contributed by atoms with Gasteiger partial charge in [0.1, 0.15) is 12.6 Å². The highest BCUT2D eigenvalue weighted by Crippen LogP contribution is 2.17. The SMILES string of the molecule is O=C(N[C@H](COC(=O)[C@@H](Cc1ccccc1)NS(=O)(=O)c1cccc(Br)c1)Cc1ccccc1)c1ccccc1. The molecule has 0 aliphatic carbocycles. The summed E-state index contributed by atoms with van der Waals surface area (Å²) < 4.78 is 35.1. The Balaban J connectivity index is 1.52. The molecule has 7 nitrogen and oxygen atoms in total. The molecule has 0 aliphatic heterocycles. The number of benzene rings is 4. The molecule has 0 fully saturated rings. The van der Waals surface area contributed by atoms with Gasteiger partial charge in [0.2, 0.25) is 10.0 Å². The number of ether oxygens (including phenoxy) is 1. The first-order valence-electron chi connectivity index (χ1n) is 12.7. The average Bonchev–Trinajstić information content (AvgIpc) is 2.97. The van der Waals surface area contributed by atoms with Crippen molar-refractivity contribution in [3.63, 3.8) is 0 Å². The summed E-state index contributed by atoms with van der Waals surface area (Å²) in [5, 5.41) is 2.95. The third-order valence-electron chi connectivity index (χ3n) is 6.09. The van der Waals surface area contributed by atoms with Gasteiger partial charge in [-0.1, -0.05) is 101 Å². The standard InChI is InChI=1S/C31H29BrN2O5S/c32-26-17-10-18-28(21-26)40(37,38)34-29(20-24-13-6-2-7-14-24)31(36)39-22-27(19-23-11-4-1-5-12-23)33-30(35)25-15-8-3-9-16-25/h1-18,21,27,29,34H,19-20,22H2,(H,33,35)/t27-,29+/m0/s1. The fourth-order valence-electron chi connectivity index (χ4n) is 4.10. The van der Waals surface area contributed by atoms with Crippen LogP contribution in [-0.2, 0) is 32.4 Å². The largest absolute Gasteiger partial charge is 0.462 e. The molecular weight excluding hydrogens is 592 g/mol. The maximum absolute atomic E-state index is 13.4. The lowest BCUT2D eigenvalue weighted by atomic mass is 10.1. The summed E-state index contributed by atoms with van der Waals surface area (Å²) in [6.07, 6.45) is 0.506. The molecule has 9 heteroatoms. The van der Waals surface area contributed by atoms with E-state index < -0.39 is 28.1 Å². The van der Waals surface area contributed by atoms with Crippen LogP contribution in [0.15, 0.2) is 125 Å². The van der Waals surface area contributed by atoms with Crippen molar-refractivity contribution < 1.29 is 22.7 Å². The van der Waals surface area contributed by atoms with Gasteiger partial charge in [-0.2, -0.15) is 4.72 Å². The fourth-order valence-corrected chi connectivity index (χ4v) is 5.89. The molecule has 4 rings (SSSR count). The number of rotatable bonds is 12. The highest BCUT2D eigenvalue weighted by Gasteiger charge is 2.28. The Morgan fingerprint density at radius 3 is 1.93 bits per heavy atom. The highest BCUT2D eigenvalue weighted by molar-refractivity contribution is 9.10. The molecule has 0 saturated heterocycles. The summed E-state index contributed by atoms with van der Waals surface area (Å²) in [7, 11) is -4.04. The minimum Gasteiger partial charge on any atom is -0.462 e. The summed E-state index contributed by atoms with van der Waals surface area (Å²) in [6, 6.07) is 31.9. The molecule has 1 amide bonds. The van der Waals surface area contributed by atoms with Crippen LogP contribution in [0.1, 0.15) is 21.5 Å². The zero-order chi connectivity index (χ0) is 28.4. The van der Waals surface area contributed by atoms with Gasteiger partial charge in [-0.15, -0.1) is 0 Å². The van der Waals surface area contributed by atoms with Crippen molar-refractivity contribution in [2.75, 3.05) is 6.61 Å². The highest BCUT2D eigenvalue weighted by atomic mass is 79.9. The smallest absolute Gasteiger partial charge is 0.324 e. The van der Waals surface area contributed by atoms with Crippen LogP contribution in [0.25, 0.3) is 0 Å². The monoisotopic (exact) mass is 620 g/mol. The molecule has 0 unspecified atom stereocenters. The number of hydrogen-bond donors (Lipinski definition) is 2. The van der Waals surface area contributed by atoms with Gasteiger partial charge >= 0.3 is 5.97 Å². The van der Waals surface area contributed by atoms with Gasteiger partial charge in [-0.3, -0.25) is 9.59 Å². The van der Waals surface area contributed by atoms with Gasteiger partial charge in [0.05, 0.1) is 10.9 Å². The quantitative estimate of drug-likeness (QED) is 0.219. The van der Waals surface area contributed by atoms with Crippen molar-refractivity contribution >= 4 is 37.8 Å². The van der Waals surface area contributed by atoms with Gasteiger partial charge in [-0.25, -0.2) is 8.42 Å². The Bertz CT molecular complexity index is 1520. The molecule has 0 aliphatic rings. The van der Waals surface area contributed by atoms with Crippen LogP contribution in [0.2, 0.25) is 0 Å². The molecule has 2 N–H and O–H groups in total. The van der Waals surface area contributed by atoms with Crippen LogP contribution in [0, 0.1) is 0 Å². The lowest BCUT2D eigenvalue weighted by molar-refractivity contribution is -0.146. The first-order chi connectivity index (χ1) is 19.3. The number of carbonyl (C=O) groups excluding carboxylic acids is 2. The zero-order valence-electron chi connectivity index (χ0n) is 21.6. The molecule has 0 spiro atoms. The molecular formula is C31H29BrN2O5S. The van der Waals surface area contributed by atoms with Crippen LogP contribution in [-0.4, -0.2) is 39.0 Å². The van der Waals surface area contributed by atoms with Gasteiger partial charge in [-0.05, 0) is 54.3 Å². The van der Waals surface area contributed by atoms with E-state index in [9.17, 15) is 18.0 Å². The van der Waals surface area contributed by atoms with Crippen LogP contribution in [0.4, 0.5) is 0 Å². The third kappa shape index (κ3) is 8.61. The summed E-state index contributed by atoms with van der Waals surface area (Å²) in [6.45, 7) is -0.143. The molecule has 0 heterocycles. The van der Waals surface area contributed by atoms with E-state index in [4.69, 9.17) is 4.74 Å². The van der Waals surface area contributed by atoms with Crippen molar-refractivity contribution in [1.29, 1.82) is 0 Å². The van der Waals surface area contributed by atoms with E-state index in [0.29, 0.717) is 16.5 Å². The molecule has 0 bridgehead atoms. The lowest BCUT2D eigenvalue weighted by Gasteiger charge is -2.22. The number of halogens is 1. The van der Waals surface area contributed by atoms with Crippen LogP contribution in [0.5, 0.6) is 0 Å². The first-order valence-corrected chi connectivity index (χ1v) is 15.0. The van der Waals surface area contributed by atoms with E-state index in [2.05, 4.69) is 26.0 Å². The molecule has 4 aromatic carbocycles. The minimum atomic E-state index is -4.04. The maximum Gasteiger partial charge on any atom is 0.324 e. The molecule has 2 atom stereocenters. The Morgan fingerprint density at radius 2 is 1.32 bits per heavy atom. The summed E-state index contributed by atoms with van der Waals surface area (Å²) in [4.78, 5) is 26.3. The Labute approximate surface area is 242 Å². The maximum atomic E-state index is 13.4. The summed E-state index contributed by atoms with van der Waals surface area (Å²) >= 11 is 3.29. The normalized spacial score (nSPS) is 12.7. The van der Waals surface area contributed by atoms with E-state index >= 15 is 0 Å². The predicted octanol–water partition coefficient (Wildman–Crippen LogP) is 4.92. The number of amides is 1. The van der Waals surface area contributed by atoms with Crippen LogP contribution in [0.3, 0.4) is 0 Å². The van der Waals surface area contributed by atoms with E-state index in [0.717, 1.165) is 11.1 Å². The zero-order valence-corrected chi connectivity index (χ0v) is 24.0. The van der Waals surface area contributed by atoms with E-state index in [1.807, 2.05) is 66.7 Å². The van der Waals surface area contributed by atoms with E-state index in [1.165, 1.54) is 12.1 Å². The number of sulfonamides is 1. The van der Waals surface area contributed by atoms with Gasteiger partial charge < -0.3 is 10.1 Å². The van der Waals surface area contributed by atoms with Gasteiger partial charge in [0, 0.05) is 10.0 Å². The van der Waals surface area contributed by atoms with Gasteiger partial charge in [0.25, 0.3) is 5.91 Å². The Hall–Kier alpha value is -3.79. The van der Waals surface area contributed by atoms with Gasteiger partial charge in [0.15, 0.2) is 0 Å². The second-order valence-corrected chi connectivity index (χ2v) is 11.8. The van der Waals surface area contributed by atoms with Crippen LogP contribution >= 0.6 is 15.9 Å².